The lowest BCUT2D eigenvalue weighted by molar-refractivity contribution is -0.118. The molecule has 22 heavy (non-hydrogen) atoms. The first-order chi connectivity index (χ1) is 10.7. The van der Waals surface area contributed by atoms with E-state index in [0.29, 0.717) is 23.8 Å². The summed E-state index contributed by atoms with van der Waals surface area (Å²) in [6.07, 6.45) is 0.760. The minimum absolute atomic E-state index is 0.0545. The summed E-state index contributed by atoms with van der Waals surface area (Å²) in [6, 6.07) is 9.80. The average Bonchev–Trinajstić information content (AvgIpc) is 3.06. The number of amides is 1. The van der Waals surface area contributed by atoms with Crippen LogP contribution in [-0.2, 0) is 11.2 Å². The molecule has 1 heterocycles. The number of carbonyl (C=O) groups excluding carboxylic acids is 1. The molecule has 0 saturated carbocycles. The molecule has 0 spiro atoms. The van der Waals surface area contributed by atoms with Crippen LogP contribution in [0.15, 0.2) is 39.9 Å². The highest BCUT2D eigenvalue weighted by molar-refractivity contribution is 8.01. The van der Waals surface area contributed by atoms with Gasteiger partial charge in [-0.1, -0.05) is 12.1 Å². The fourth-order valence-electron chi connectivity index (χ4n) is 1.92. The SMILES string of the molecule is COc1ccc(CCNC(=O)CSc2cccs2)cc1OC. The maximum absolute atomic E-state index is 11.8. The van der Waals surface area contributed by atoms with Gasteiger partial charge in [-0.25, -0.2) is 0 Å². The second-order valence-electron chi connectivity index (χ2n) is 4.51. The Balaban J connectivity index is 1.74. The Morgan fingerprint density at radius 2 is 2.05 bits per heavy atom. The first kappa shape index (κ1) is 16.7. The Bertz CT molecular complexity index is 599. The molecule has 0 aliphatic rings. The topological polar surface area (TPSA) is 47.6 Å². The van der Waals surface area contributed by atoms with E-state index in [2.05, 4.69) is 5.32 Å². The average molecular weight is 337 g/mol. The standard InChI is InChI=1S/C16H19NO3S2/c1-19-13-6-5-12(10-14(13)20-2)7-8-17-15(18)11-22-16-4-3-9-21-16/h3-6,9-10H,7-8,11H2,1-2H3,(H,17,18). The highest BCUT2D eigenvalue weighted by atomic mass is 32.2. The summed E-state index contributed by atoms with van der Waals surface area (Å²) in [5, 5.41) is 4.94. The molecule has 1 aromatic heterocycles. The molecule has 1 N–H and O–H groups in total. The third-order valence-electron chi connectivity index (χ3n) is 3.02. The number of ether oxygens (including phenoxy) is 2. The number of carbonyl (C=O) groups is 1. The van der Waals surface area contributed by atoms with Gasteiger partial charge in [0.2, 0.25) is 5.91 Å². The Hall–Kier alpha value is -1.66. The predicted molar refractivity (Wildman–Crippen MR) is 91.3 cm³/mol. The minimum atomic E-state index is 0.0545. The lowest BCUT2D eigenvalue weighted by atomic mass is 10.1. The quantitative estimate of drug-likeness (QED) is 0.752. The molecule has 2 aromatic rings. The smallest absolute Gasteiger partial charge is 0.230 e. The molecule has 0 fully saturated rings. The Kier molecular flexibility index (Phi) is 6.61. The number of benzene rings is 1. The molecule has 0 unspecified atom stereocenters. The van der Waals surface area contributed by atoms with Gasteiger partial charge in [-0.2, -0.15) is 0 Å². The molecule has 0 atom stereocenters. The van der Waals surface area contributed by atoms with Gasteiger partial charge in [0.1, 0.15) is 0 Å². The van der Waals surface area contributed by atoms with Crippen LogP contribution in [0.5, 0.6) is 11.5 Å². The Morgan fingerprint density at radius 3 is 2.73 bits per heavy atom. The molecular formula is C16H19NO3S2. The molecule has 4 nitrogen and oxygen atoms in total. The summed E-state index contributed by atoms with van der Waals surface area (Å²) >= 11 is 3.21. The van der Waals surface area contributed by atoms with E-state index >= 15 is 0 Å². The third kappa shape index (κ3) is 4.96. The number of methoxy groups -OCH3 is 2. The number of hydrogen-bond acceptors (Lipinski definition) is 5. The largest absolute Gasteiger partial charge is 0.493 e. The number of rotatable bonds is 8. The first-order valence-electron chi connectivity index (χ1n) is 6.87. The normalized spacial score (nSPS) is 10.3. The summed E-state index contributed by atoms with van der Waals surface area (Å²) in [4.78, 5) is 11.8. The minimum Gasteiger partial charge on any atom is -0.493 e. The molecule has 1 aromatic carbocycles. The predicted octanol–water partition coefficient (Wildman–Crippen LogP) is 3.22. The van der Waals surface area contributed by atoms with Gasteiger partial charge in [0.15, 0.2) is 11.5 Å². The van der Waals surface area contributed by atoms with Crippen molar-refractivity contribution >= 4 is 29.0 Å². The number of thiophene rings is 1. The van der Waals surface area contributed by atoms with Crippen molar-refractivity contribution in [2.24, 2.45) is 0 Å². The van der Waals surface area contributed by atoms with E-state index in [-0.39, 0.29) is 5.91 Å². The summed E-state index contributed by atoms with van der Waals surface area (Å²) in [5.41, 5.74) is 1.10. The third-order valence-corrected chi connectivity index (χ3v) is 5.16. The monoisotopic (exact) mass is 337 g/mol. The molecule has 6 heteroatoms. The zero-order chi connectivity index (χ0) is 15.8. The van der Waals surface area contributed by atoms with Crippen molar-refractivity contribution in [1.82, 2.24) is 5.32 Å². The molecule has 118 valence electrons. The van der Waals surface area contributed by atoms with Gasteiger partial charge in [0, 0.05) is 6.54 Å². The van der Waals surface area contributed by atoms with Crippen molar-refractivity contribution in [3.05, 3.63) is 41.3 Å². The fraction of sp³-hybridized carbons (Fsp3) is 0.312. The zero-order valence-electron chi connectivity index (χ0n) is 12.6. The molecular weight excluding hydrogens is 318 g/mol. The summed E-state index contributed by atoms with van der Waals surface area (Å²) in [5.74, 6) is 1.92. The zero-order valence-corrected chi connectivity index (χ0v) is 14.3. The summed E-state index contributed by atoms with van der Waals surface area (Å²) in [7, 11) is 3.23. The summed E-state index contributed by atoms with van der Waals surface area (Å²) < 4.78 is 11.6. The second kappa shape index (κ2) is 8.70. The Morgan fingerprint density at radius 1 is 1.23 bits per heavy atom. The highest BCUT2D eigenvalue weighted by Gasteiger charge is 2.06. The maximum Gasteiger partial charge on any atom is 0.230 e. The van der Waals surface area contributed by atoms with Gasteiger partial charge >= 0.3 is 0 Å². The van der Waals surface area contributed by atoms with Gasteiger partial charge in [-0.3, -0.25) is 4.79 Å². The van der Waals surface area contributed by atoms with Crippen molar-refractivity contribution < 1.29 is 14.3 Å². The highest BCUT2D eigenvalue weighted by Crippen LogP contribution is 2.27. The van der Waals surface area contributed by atoms with Crippen LogP contribution < -0.4 is 14.8 Å². The van der Waals surface area contributed by atoms with Crippen molar-refractivity contribution in [3.63, 3.8) is 0 Å². The first-order valence-corrected chi connectivity index (χ1v) is 8.73. The van der Waals surface area contributed by atoms with Crippen molar-refractivity contribution in [1.29, 1.82) is 0 Å². The molecule has 0 aliphatic heterocycles. The number of hydrogen-bond donors (Lipinski definition) is 1. The molecule has 0 aliphatic carbocycles. The van der Waals surface area contributed by atoms with E-state index in [0.717, 1.165) is 16.2 Å². The van der Waals surface area contributed by atoms with Crippen LogP contribution in [0.2, 0.25) is 0 Å². The van der Waals surface area contributed by atoms with Gasteiger partial charge in [-0.15, -0.1) is 23.1 Å². The van der Waals surface area contributed by atoms with Crippen molar-refractivity contribution in [2.45, 2.75) is 10.6 Å². The molecule has 1 amide bonds. The van der Waals surface area contributed by atoms with Crippen LogP contribution in [0.3, 0.4) is 0 Å². The maximum atomic E-state index is 11.8. The number of thioether (sulfide) groups is 1. The van der Waals surface area contributed by atoms with E-state index in [1.807, 2.05) is 35.7 Å². The molecule has 2 rings (SSSR count). The van der Waals surface area contributed by atoms with E-state index in [1.165, 1.54) is 0 Å². The van der Waals surface area contributed by atoms with Crippen LogP contribution in [0.1, 0.15) is 5.56 Å². The molecule has 0 radical (unpaired) electrons. The van der Waals surface area contributed by atoms with E-state index in [9.17, 15) is 4.79 Å². The van der Waals surface area contributed by atoms with Gasteiger partial charge in [-0.05, 0) is 35.6 Å². The summed E-state index contributed by atoms with van der Waals surface area (Å²) in [6.45, 7) is 0.610. The van der Waals surface area contributed by atoms with Gasteiger partial charge in [0.25, 0.3) is 0 Å². The van der Waals surface area contributed by atoms with Crippen LogP contribution in [0, 0.1) is 0 Å². The molecule has 0 saturated heterocycles. The molecule has 0 bridgehead atoms. The van der Waals surface area contributed by atoms with Crippen molar-refractivity contribution in [3.8, 4) is 11.5 Å². The number of nitrogens with one attached hydrogen (secondary N) is 1. The van der Waals surface area contributed by atoms with Crippen LogP contribution >= 0.6 is 23.1 Å². The van der Waals surface area contributed by atoms with E-state index in [4.69, 9.17) is 9.47 Å². The van der Waals surface area contributed by atoms with Crippen LogP contribution in [0.4, 0.5) is 0 Å². The van der Waals surface area contributed by atoms with E-state index in [1.54, 1.807) is 37.3 Å². The second-order valence-corrected chi connectivity index (χ2v) is 6.73. The fourth-order valence-corrected chi connectivity index (χ4v) is 3.53. The lowest BCUT2D eigenvalue weighted by Crippen LogP contribution is -2.27. The van der Waals surface area contributed by atoms with Crippen LogP contribution in [-0.4, -0.2) is 32.4 Å². The Labute approximate surface area is 138 Å². The van der Waals surface area contributed by atoms with Crippen molar-refractivity contribution in [2.75, 3.05) is 26.5 Å². The van der Waals surface area contributed by atoms with Crippen LogP contribution in [0.25, 0.3) is 0 Å². The van der Waals surface area contributed by atoms with Gasteiger partial charge < -0.3 is 14.8 Å². The van der Waals surface area contributed by atoms with E-state index < -0.39 is 0 Å². The van der Waals surface area contributed by atoms with Gasteiger partial charge in [0.05, 0.1) is 24.2 Å². The lowest BCUT2D eigenvalue weighted by Gasteiger charge is -2.10.